The minimum absolute atomic E-state index is 0.133. The van der Waals surface area contributed by atoms with Gasteiger partial charge in [-0.15, -0.1) is 0 Å². The minimum atomic E-state index is -0.133. The van der Waals surface area contributed by atoms with E-state index in [1.54, 1.807) is 37.4 Å². The number of nitrogens with one attached hydrogen (secondary N) is 1. The Morgan fingerprint density at radius 2 is 2.09 bits per heavy atom. The summed E-state index contributed by atoms with van der Waals surface area (Å²) in [6.07, 6.45) is 0. The first-order valence-corrected chi connectivity index (χ1v) is 7.02. The van der Waals surface area contributed by atoms with Crippen LogP contribution in [0, 0.1) is 6.92 Å². The van der Waals surface area contributed by atoms with Gasteiger partial charge in [-0.25, -0.2) is 4.98 Å². The van der Waals surface area contributed by atoms with Crippen molar-refractivity contribution in [1.29, 1.82) is 0 Å². The summed E-state index contributed by atoms with van der Waals surface area (Å²) in [6.45, 7) is 4.63. The first-order valence-electron chi connectivity index (χ1n) is 7.02. The Bertz CT molecular complexity index is 659. The number of rotatable bonds is 6. The Labute approximate surface area is 129 Å². The molecule has 2 aromatic rings. The summed E-state index contributed by atoms with van der Waals surface area (Å²) in [4.78, 5) is 20.4. The van der Waals surface area contributed by atoms with Gasteiger partial charge in [-0.1, -0.05) is 6.07 Å². The molecule has 0 radical (unpaired) electrons. The van der Waals surface area contributed by atoms with Crippen molar-refractivity contribution in [3.05, 3.63) is 47.4 Å². The van der Waals surface area contributed by atoms with Crippen LogP contribution in [0.25, 0.3) is 0 Å². The van der Waals surface area contributed by atoms with Crippen LogP contribution in [0.4, 0.5) is 0 Å². The largest absolute Gasteiger partial charge is 0.439 e. The van der Waals surface area contributed by atoms with Crippen molar-refractivity contribution in [3.8, 4) is 11.6 Å². The van der Waals surface area contributed by atoms with Crippen LogP contribution >= 0.6 is 0 Å². The Kier molecular flexibility index (Phi) is 5.43. The molecular weight excluding hydrogens is 282 g/mol. The first-order chi connectivity index (χ1) is 10.6. The fourth-order valence-corrected chi connectivity index (χ4v) is 1.93. The highest BCUT2D eigenvalue weighted by Gasteiger charge is 2.08. The Hall–Kier alpha value is -2.47. The highest BCUT2D eigenvalue weighted by molar-refractivity contribution is 5.94. The van der Waals surface area contributed by atoms with Crippen LogP contribution in [0.2, 0.25) is 0 Å². The van der Waals surface area contributed by atoms with Crippen molar-refractivity contribution in [2.75, 3.05) is 13.7 Å². The van der Waals surface area contributed by atoms with Gasteiger partial charge in [-0.3, -0.25) is 4.79 Å². The lowest BCUT2D eigenvalue weighted by Crippen LogP contribution is -2.22. The molecule has 22 heavy (non-hydrogen) atoms. The first kappa shape index (κ1) is 15.9. The molecule has 0 saturated heterocycles. The van der Waals surface area contributed by atoms with Crippen molar-refractivity contribution in [2.24, 2.45) is 0 Å². The number of carbonyl (C=O) groups excluding carboxylic acids is 1. The molecule has 2 rings (SSSR count). The smallest absolute Gasteiger partial charge is 0.251 e. The SMILES string of the molecule is CCNC(=O)c1cccc(Oc2cc(C)nc(COC)n2)c1. The molecule has 116 valence electrons. The Morgan fingerprint density at radius 3 is 2.82 bits per heavy atom. The summed E-state index contributed by atoms with van der Waals surface area (Å²) in [5.41, 5.74) is 1.33. The molecule has 1 heterocycles. The molecule has 0 spiro atoms. The van der Waals surface area contributed by atoms with Crippen molar-refractivity contribution in [3.63, 3.8) is 0 Å². The number of aryl methyl sites for hydroxylation is 1. The molecule has 0 bridgehead atoms. The number of ether oxygens (including phenoxy) is 2. The summed E-state index contributed by atoms with van der Waals surface area (Å²) in [5, 5.41) is 2.75. The lowest BCUT2D eigenvalue weighted by atomic mass is 10.2. The summed E-state index contributed by atoms with van der Waals surface area (Å²) in [6, 6.07) is 8.69. The Balaban J connectivity index is 2.20. The van der Waals surface area contributed by atoms with Gasteiger partial charge in [0.1, 0.15) is 12.4 Å². The van der Waals surface area contributed by atoms with E-state index in [0.717, 1.165) is 5.69 Å². The molecule has 0 aliphatic carbocycles. The number of amides is 1. The summed E-state index contributed by atoms with van der Waals surface area (Å²) in [5.74, 6) is 1.39. The van der Waals surface area contributed by atoms with Gasteiger partial charge in [0, 0.05) is 31.0 Å². The third kappa shape index (κ3) is 4.26. The fourth-order valence-electron chi connectivity index (χ4n) is 1.93. The molecule has 0 aliphatic heterocycles. The minimum Gasteiger partial charge on any atom is -0.439 e. The molecule has 0 fully saturated rings. The molecular formula is C16H19N3O3. The van der Waals surface area contributed by atoms with Crippen molar-refractivity contribution < 1.29 is 14.3 Å². The molecule has 0 aliphatic rings. The van der Waals surface area contributed by atoms with Gasteiger partial charge in [0.25, 0.3) is 5.91 Å². The van der Waals surface area contributed by atoms with Crippen molar-refractivity contribution >= 4 is 5.91 Å². The second kappa shape index (κ2) is 7.51. The van der Waals surface area contributed by atoms with E-state index in [2.05, 4.69) is 15.3 Å². The molecule has 0 atom stereocenters. The molecule has 6 nitrogen and oxygen atoms in total. The number of methoxy groups -OCH3 is 1. The predicted octanol–water partition coefficient (Wildman–Crippen LogP) is 2.47. The lowest BCUT2D eigenvalue weighted by Gasteiger charge is -2.09. The quantitative estimate of drug-likeness (QED) is 0.887. The third-order valence-corrected chi connectivity index (χ3v) is 2.81. The zero-order valence-corrected chi connectivity index (χ0v) is 12.9. The highest BCUT2D eigenvalue weighted by Crippen LogP contribution is 2.21. The van der Waals surface area contributed by atoms with E-state index >= 15 is 0 Å². The van der Waals surface area contributed by atoms with E-state index in [4.69, 9.17) is 9.47 Å². The Morgan fingerprint density at radius 1 is 1.27 bits per heavy atom. The average molecular weight is 301 g/mol. The zero-order chi connectivity index (χ0) is 15.9. The molecule has 1 N–H and O–H groups in total. The number of carbonyl (C=O) groups is 1. The molecule has 1 aromatic carbocycles. The predicted molar refractivity (Wildman–Crippen MR) is 82.0 cm³/mol. The maximum atomic E-state index is 11.8. The van der Waals surface area contributed by atoms with Gasteiger partial charge in [0.15, 0.2) is 5.82 Å². The van der Waals surface area contributed by atoms with Crippen LogP contribution in [0.3, 0.4) is 0 Å². The van der Waals surface area contributed by atoms with Gasteiger partial charge in [0.05, 0.1) is 0 Å². The van der Waals surface area contributed by atoms with E-state index in [9.17, 15) is 4.79 Å². The standard InChI is InChI=1S/C16H19N3O3/c1-4-17-16(20)12-6-5-7-13(9-12)22-15-8-11(2)18-14(19-15)10-21-3/h5-9H,4,10H2,1-3H3,(H,17,20). The van der Waals surface area contributed by atoms with Crippen LogP contribution in [-0.2, 0) is 11.3 Å². The van der Waals surface area contributed by atoms with E-state index in [1.165, 1.54) is 0 Å². The van der Waals surface area contributed by atoms with E-state index in [1.807, 2.05) is 13.8 Å². The number of benzene rings is 1. The second-order valence-corrected chi connectivity index (χ2v) is 4.69. The average Bonchev–Trinajstić information content (AvgIpc) is 2.47. The van der Waals surface area contributed by atoms with Crippen LogP contribution in [0.5, 0.6) is 11.6 Å². The maximum absolute atomic E-state index is 11.8. The molecule has 0 unspecified atom stereocenters. The van der Waals surface area contributed by atoms with Crippen molar-refractivity contribution in [1.82, 2.24) is 15.3 Å². The van der Waals surface area contributed by atoms with Crippen LogP contribution in [0.1, 0.15) is 28.8 Å². The van der Waals surface area contributed by atoms with Crippen LogP contribution in [-0.4, -0.2) is 29.5 Å². The molecule has 1 aromatic heterocycles. The summed E-state index contributed by atoms with van der Waals surface area (Å²) >= 11 is 0. The van der Waals surface area contributed by atoms with Gasteiger partial charge in [-0.2, -0.15) is 4.98 Å². The van der Waals surface area contributed by atoms with Crippen molar-refractivity contribution in [2.45, 2.75) is 20.5 Å². The van der Waals surface area contributed by atoms with Gasteiger partial charge >= 0.3 is 0 Å². The van der Waals surface area contributed by atoms with Gasteiger partial charge in [0.2, 0.25) is 5.88 Å². The van der Waals surface area contributed by atoms with E-state index < -0.39 is 0 Å². The second-order valence-electron chi connectivity index (χ2n) is 4.69. The van der Waals surface area contributed by atoms with Crippen LogP contribution in [0.15, 0.2) is 30.3 Å². The monoisotopic (exact) mass is 301 g/mol. The van der Waals surface area contributed by atoms with E-state index in [-0.39, 0.29) is 5.91 Å². The summed E-state index contributed by atoms with van der Waals surface area (Å²) < 4.78 is 10.8. The number of hydrogen-bond acceptors (Lipinski definition) is 5. The fraction of sp³-hybridized carbons (Fsp3) is 0.312. The number of hydrogen-bond donors (Lipinski definition) is 1. The lowest BCUT2D eigenvalue weighted by molar-refractivity contribution is 0.0955. The molecule has 6 heteroatoms. The topological polar surface area (TPSA) is 73.3 Å². The zero-order valence-electron chi connectivity index (χ0n) is 12.9. The maximum Gasteiger partial charge on any atom is 0.251 e. The molecule has 1 amide bonds. The number of nitrogens with zero attached hydrogens (tertiary/aromatic N) is 2. The highest BCUT2D eigenvalue weighted by atomic mass is 16.5. The van der Waals surface area contributed by atoms with Gasteiger partial charge in [-0.05, 0) is 32.0 Å². The third-order valence-electron chi connectivity index (χ3n) is 2.81. The van der Waals surface area contributed by atoms with Crippen LogP contribution < -0.4 is 10.1 Å². The normalized spacial score (nSPS) is 10.3. The van der Waals surface area contributed by atoms with Gasteiger partial charge < -0.3 is 14.8 Å². The molecule has 0 saturated carbocycles. The van der Waals surface area contributed by atoms with E-state index in [0.29, 0.717) is 36.2 Å². The summed E-state index contributed by atoms with van der Waals surface area (Å²) in [7, 11) is 1.59. The number of aromatic nitrogens is 2.